The topological polar surface area (TPSA) is 54.1 Å². The van der Waals surface area contributed by atoms with Gasteiger partial charge in [0.05, 0.1) is 16.6 Å². The summed E-state index contributed by atoms with van der Waals surface area (Å²) in [7, 11) is -2.32. The van der Waals surface area contributed by atoms with Gasteiger partial charge in [0.25, 0.3) is 0 Å². The van der Waals surface area contributed by atoms with E-state index in [1.165, 1.54) is 0 Å². The first-order valence-corrected chi connectivity index (χ1v) is 20.1. The number of hydrogen-bond donors (Lipinski definition) is 0. The maximum absolute atomic E-state index is 6.42. The number of hydrogen-bond acceptors (Lipinski definition) is 4. The standard InChI is InChI=1S/C26H37ClN4O2Si2/c1-34(2,3)15-13-32-18-30-24-10-8-7-9-22(24)28-26(30)25-21-17-20(27)11-12-23(21)31(29-25)19-33-14-16-35(4,5)6/h7-12,17H,13-16,18-19H2,1-6H3. The molecule has 4 aromatic rings. The zero-order valence-corrected chi connectivity index (χ0v) is 24.5. The van der Waals surface area contributed by atoms with Gasteiger partial charge in [0.1, 0.15) is 19.2 Å². The fourth-order valence-electron chi connectivity index (χ4n) is 3.87. The summed E-state index contributed by atoms with van der Waals surface area (Å²) in [5, 5.41) is 6.61. The van der Waals surface area contributed by atoms with Crippen molar-refractivity contribution >= 4 is 49.7 Å². The Morgan fingerprint density at radius 2 is 1.49 bits per heavy atom. The molecular formula is C26H37ClN4O2Si2. The third-order valence-electron chi connectivity index (χ3n) is 6.01. The number of imidazole rings is 1. The summed E-state index contributed by atoms with van der Waals surface area (Å²) in [4.78, 5) is 4.97. The van der Waals surface area contributed by atoms with Crippen molar-refractivity contribution in [2.24, 2.45) is 0 Å². The van der Waals surface area contributed by atoms with Crippen LogP contribution in [0.5, 0.6) is 0 Å². The third-order valence-corrected chi connectivity index (χ3v) is 9.65. The zero-order chi connectivity index (χ0) is 25.2. The van der Waals surface area contributed by atoms with Crippen molar-refractivity contribution in [2.45, 2.75) is 64.8 Å². The molecule has 0 N–H and O–H groups in total. The quantitative estimate of drug-likeness (QED) is 0.151. The largest absolute Gasteiger partial charge is 0.361 e. The van der Waals surface area contributed by atoms with Crippen molar-refractivity contribution in [3.63, 3.8) is 0 Å². The van der Waals surface area contributed by atoms with Gasteiger partial charge in [-0.25, -0.2) is 9.67 Å². The molecule has 0 spiro atoms. The Bertz CT molecular complexity index is 1300. The van der Waals surface area contributed by atoms with Crippen molar-refractivity contribution in [3.05, 3.63) is 47.5 Å². The van der Waals surface area contributed by atoms with Crippen LogP contribution in [0, 0.1) is 0 Å². The van der Waals surface area contributed by atoms with Gasteiger partial charge in [0.2, 0.25) is 0 Å². The van der Waals surface area contributed by atoms with Gasteiger partial charge >= 0.3 is 0 Å². The fourth-order valence-corrected chi connectivity index (χ4v) is 5.55. The van der Waals surface area contributed by atoms with Gasteiger partial charge in [-0.2, -0.15) is 5.10 Å². The molecule has 2 aromatic heterocycles. The number of para-hydroxylation sites is 2. The Kier molecular flexibility index (Phi) is 7.87. The van der Waals surface area contributed by atoms with Crippen molar-refractivity contribution < 1.29 is 9.47 Å². The fraction of sp³-hybridized carbons (Fsp3) is 0.462. The normalized spacial score (nSPS) is 12.8. The number of fused-ring (bicyclic) bond motifs is 2. The highest BCUT2D eigenvalue weighted by Crippen LogP contribution is 2.32. The second-order valence-corrected chi connectivity index (χ2v) is 23.2. The highest BCUT2D eigenvalue weighted by molar-refractivity contribution is 6.76. The first kappa shape index (κ1) is 26.1. The molecule has 0 saturated carbocycles. The minimum atomic E-state index is -1.17. The third kappa shape index (κ3) is 6.62. The second kappa shape index (κ2) is 10.6. The van der Waals surface area contributed by atoms with E-state index in [4.69, 9.17) is 31.2 Å². The molecule has 0 fully saturated rings. The molecule has 6 nitrogen and oxygen atoms in total. The maximum Gasteiger partial charge on any atom is 0.164 e. The van der Waals surface area contributed by atoms with E-state index in [0.717, 1.165) is 58.8 Å². The minimum Gasteiger partial charge on any atom is -0.361 e. The zero-order valence-electron chi connectivity index (χ0n) is 21.8. The van der Waals surface area contributed by atoms with Gasteiger partial charge < -0.3 is 9.47 Å². The van der Waals surface area contributed by atoms with E-state index in [1.54, 1.807) is 0 Å². The average molecular weight is 529 g/mol. The van der Waals surface area contributed by atoms with Crippen molar-refractivity contribution in [1.29, 1.82) is 0 Å². The summed E-state index contributed by atoms with van der Waals surface area (Å²) in [5.74, 6) is 0.785. The molecule has 0 saturated heterocycles. The predicted octanol–water partition coefficient (Wildman–Crippen LogP) is 7.33. The SMILES string of the molecule is C[Si](C)(C)CCOCn1nc(-c2nc3ccccc3n2COCC[Si](C)(C)C)c2cc(Cl)ccc21. The number of ether oxygens (including phenoxy) is 2. The van der Waals surface area contributed by atoms with E-state index in [1.807, 2.05) is 41.1 Å². The molecule has 0 amide bonds. The van der Waals surface area contributed by atoms with E-state index in [2.05, 4.69) is 49.9 Å². The molecule has 0 unspecified atom stereocenters. The van der Waals surface area contributed by atoms with E-state index in [9.17, 15) is 0 Å². The molecule has 0 aliphatic carbocycles. The Morgan fingerprint density at radius 3 is 2.17 bits per heavy atom. The van der Waals surface area contributed by atoms with Crippen LogP contribution in [0.15, 0.2) is 42.5 Å². The molecule has 0 aliphatic heterocycles. The molecule has 4 rings (SSSR count). The van der Waals surface area contributed by atoms with Crippen LogP contribution in [0.1, 0.15) is 0 Å². The Hall–Kier alpha value is -1.98. The van der Waals surface area contributed by atoms with Crippen molar-refractivity contribution in [1.82, 2.24) is 19.3 Å². The number of benzene rings is 2. The number of nitrogens with zero attached hydrogens (tertiary/aromatic N) is 4. The lowest BCUT2D eigenvalue weighted by molar-refractivity contribution is 0.0817. The molecule has 0 radical (unpaired) electrons. The molecule has 2 heterocycles. The van der Waals surface area contributed by atoms with Gasteiger partial charge in [0, 0.05) is 39.8 Å². The van der Waals surface area contributed by atoms with Crippen LogP contribution in [0.25, 0.3) is 33.5 Å². The lowest BCUT2D eigenvalue weighted by Gasteiger charge is -2.16. The molecule has 9 heteroatoms. The van der Waals surface area contributed by atoms with Crippen LogP contribution >= 0.6 is 11.6 Å². The van der Waals surface area contributed by atoms with Crippen LogP contribution in [0.3, 0.4) is 0 Å². The van der Waals surface area contributed by atoms with Gasteiger partial charge in [0.15, 0.2) is 5.82 Å². The first-order chi connectivity index (χ1) is 16.5. The minimum absolute atomic E-state index is 0.398. The lowest BCUT2D eigenvalue weighted by atomic mass is 10.2. The Morgan fingerprint density at radius 1 is 0.829 bits per heavy atom. The number of aromatic nitrogens is 4. The smallest absolute Gasteiger partial charge is 0.164 e. The van der Waals surface area contributed by atoms with Crippen LogP contribution in [0.4, 0.5) is 0 Å². The van der Waals surface area contributed by atoms with Crippen molar-refractivity contribution in [3.8, 4) is 11.5 Å². The Labute approximate surface area is 215 Å². The molecule has 188 valence electrons. The van der Waals surface area contributed by atoms with Crippen LogP contribution in [0.2, 0.25) is 56.4 Å². The van der Waals surface area contributed by atoms with E-state index < -0.39 is 16.1 Å². The predicted molar refractivity (Wildman–Crippen MR) is 152 cm³/mol. The molecule has 0 atom stereocenters. The van der Waals surface area contributed by atoms with E-state index >= 15 is 0 Å². The van der Waals surface area contributed by atoms with Crippen LogP contribution < -0.4 is 0 Å². The molecule has 2 aromatic carbocycles. The highest BCUT2D eigenvalue weighted by Gasteiger charge is 2.21. The molecular weight excluding hydrogens is 492 g/mol. The van der Waals surface area contributed by atoms with E-state index in [-0.39, 0.29) is 0 Å². The summed E-state index contributed by atoms with van der Waals surface area (Å²) in [6.45, 7) is 16.5. The maximum atomic E-state index is 6.42. The summed E-state index contributed by atoms with van der Waals surface area (Å²) in [5.41, 5.74) is 3.73. The molecule has 0 aliphatic rings. The first-order valence-electron chi connectivity index (χ1n) is 12.3. The van der Waals surface area contributed by atoms with Gasteiger partial charge in [-0.05, 0) is 42.4 Å². The van der Waals surface area contributed by atoms with Crippen molar-refractivity contribution in [2.75, 3.05) is 13.2 Å². The van der Waals surface area contributed by atoms with Gasteiger partial charge in [-0.1, -0.05) is 63.0 Å². The number of rotatable bonds is 11. The summed E-state index contributed by atoms with van der Waals surface area (Å²) in [6.07, 6.45) is 0. The van der Waals surface area contributed by atoms with Crippen LogP contribution in [-0.4, -0.2) is 48.7 Å². The molecule has 35 heavy (non-hydrogen) atoms. The van der Waals surface area contributed by atoms with Gasteiger partial charge in [-0.15, -0.1) is 0 Å². The monoisotopic (exact) mass is 528 g/mol. The Balaban J connectivity index is 1.69. The summed E-state index contributed by atoms with van der Waals surface area (Å²) < 4.78 is 16.2. The highest BCUT2D eigenvalue weighted by atomic mass is 35.5. The average Bonchev–Trinajstić information content (AvgIpc) is 3.31. The van der Waals surface area contributed by atoms with Crippen LogP contribution in [-0.2, 0) is 22.9 Å². The number of halogens is 1. The van der Waals surface area contributed by atoms with Gasteiger partial charge in [-0.3, -0.25) is 4.57 Å². The summed E-state index contributed by atoms with van der Waals surface area (Å²) in [6, 6.07) is 16.3. The summed E-state index contributed by atoms with van der Waals surface area (Å²) >= 11 is 6.42. The second-order valence-electron chi connectivity index (χ2n) is 11.6. The lowest BCUT2D eigenvalue weighted by Crippen LogP contribution is -2.22. The molecule has 0 bridgehead atoms. The van der Waals surface area contributed by atoms with E-state index in [0.29, 0.717) is 18.5 Å².